The van der Waals surface area contributed by atoms with Crippen LogP contribution in [0.1, 0.15) is 5.56 Å². The molecule has 21 heavy (non-hydrogen) atoms. The standard InChI is InChI=1S/C13H9Cl2F2NO2S/c14-10-3-1-8(5-11(10)15)7-21(19,20)18-9-2-4-12(16)13(17)6-9/h1-6,18H,7H2. The predicted octanol–water partition coefficient (Wildman–Crippen LogP) is 4.21. The van der Waals surface area contributed by atoms with Crippen LogP contribution in [0, 0.1) is 11.6 Å². The SMILES string of the molecule is O=S(=O)(Cc1ccc(Cl)c(Cl)c1)Nc1ccc(F)c(F)c1. The van der Waals surface area contributed by atoms with E-state index < -0.39 is 21.7 Å². The van der Waals surface area contributed by atoms with E-state index in [0.29, 0.717) is 10.6 Å². The van der Waals surface area contributed by atoms with Gasteiger partial charge in [-0.05, 0) is 29.8 Å². The molecule has 0 saturated carbocycles. The van der Waals surface area contributed by atoms with Gasteiger partial charge in [-0.1, -0.05) is 29.3 Å². The molecule has 0 fully saturated rings. The smallest absolute Gasteiger partial charge is 0.236 e. The second-order valence-electron chi connectivity index (χ2n) is 4.24. The highest BCUT2D eigenvalue weighted by atomic mass is 35.5. The molecule has 0 amide bonds. The molecule has 112 valence electrons. The molecule has 2 rings (SSSR count). The summed E-state index contributed by atoms with van der Waals surface area (Å²) in [5.41, 5.74) is 0.355. The van der Waals surface area contributed by atoms with Crippen LogP contribution in [0.25, 0.3) is 0 Å². The molecule has 0 bridgehead atoms. The van der Waals surface area contributed by atoms with Crippen molar-refractivity contribution in [1.29, 1.82) is 0 Å². The Balaban J connectivity index is 2.18. The van der Waals surface area contributed by atoms with Gasteiger partial charge in [-0.3, -0.25) is 4.72 Å². The van der Waals surface area contributed by atoms with Crippen molar-refractivity contribution >= 4 is 38.9 Å². The summed E-state index contributed by atoms with van der Waals surface area (Å²) in [6.45, 7) is 0. The average molecular weight is 352 g/mol. The van der Waals surface area contributed by atoms with E-state index in [0.717, 1.165) is 18.2 Å². The zero-order valence-electron chi connectivity index (χ0n) is 10.4. The largest absolute Gasteiger partial charge is 0.283 e. The van der Waals surface area contributed by atoms with Gasteiger partial charge < -0.3 is 0 Å². The highest BCUT2D eigenvalue weighted by Crippen LogP contribution is 2.24. The monoisotopic (exact) mass is 351 g/mol. The Labute approximate surface area is 130 Å². The molecule has 1 N–H and O–H groups in total. The van der Waals surface area contributed by atoms with E-state index in [9.17, 15) is 17.2 Å². The molecule has 2 aromatic carbocycles. The van der Waals surface area contributed by atoms with E-state index in [2.05, 4.69) is 4.72 Å². The summed E-state index contributed by atoms with van der Waals surface area (Å²) in [6, 6.07) is 7.15. The minimum atomic E-state index is -3.79. The molecule has 0 radical (unpaired) electrons. The van der Waals surface area contributed by atoms with Gasteiger partial charge in [0.2, 0.25) is 10.0 Å². The number of halogens is 4. The van der Waals surface area contributed by atoms with Crippen LogP contribution in [0.2, 0.25) is 10.0 Å². The molecular formula is C13H9Cl2F2NO2S. The van der Waals surface area contributed by atoms with Gasteiger partial charge in [-0.15, -0.1) is 0 Å². The molecular weight excluding hydrogens is 343 g/mol. The molecule has 0 aliphatic carbocycles. The summed E-state index contributed by atoms with van der Waals surface area (Å²) in [7, 11) is -3.79. The Morgan fingerprint density at radius 2 is 1.67 bits per heavy atom. The zero-order valence-corrected chi connectivity index (χ0v) is 12.7. The number of hydrogen-bond acceptors (Lipinski definition) is 2. The number of benzene rings is 2. The van der Waals surface area contributed by atoms with Gasteiger partial charge in [0.1, 0.15) is 0 Å². The maximum atomic E-state index is 13.0. The van der Waals surface area contributed by atoms with Crippen LogP contribution in [0.5, 0.6) is 0 Å². The summed E-state index contributed by atoms with van der Waals surface area (Å²) in [6.07, 6.45) is 0. The van der Waals surface area contributed by atoms with Gasteiger partial charge in [-0.25, -0.2) is 17.2 Å². The zero-order chi connectivity index (χ0) is 15.6. The molecule has 3 nitrogen and oxygen atoms in total. The fourth-order valence-corrected chi connectivity index (χ4v) is 3.12. The fraction of sp³-hybridized carbons (Fsp3) is 0.0769. The summed E-state index contributed by atoms with van der Waals surface area (Å²) in [5.74, 6) is -2.56. The third-order valence-electron chi connectivity index (χ3n) is 2.53. The van der Waals surface area contributed by atoms with E-state index in [1.807, 2.05) is 0 Å². The minimum Gasteiger partial charge on any atom is -0.283 e. The summed E-state index contributed by atoms with van der Waals surface area (Å²) in [5, 5.41) is 0.545. The lowest BCUT2D eigenvalue weighted by molar-refractivity contribution is 0.509. The van der Waals surface area contributed by atoms with Gasteiger partial charge in [0, 0.05) is 6.07 Å². The molecule has 8 heteroatoms. The normalized spacial score (nSPS) is 11.4. The van der Waals surface area contributed by atoms with Crippen LogP contribution in [0.3, 0.4) is 0 Å². The van der Waals surface area contributed by atoms with Gasteiger partial charge in [0.15, 0.2) is 11.6 Å². The summed E-state index contributed by atoms with van der Waals surface area (Å²) >= 11 is 11.5. The van der Waals surface area contributed by atoms with Gasteiger partial charge >= 0.3 is 0 Å². The average Bonchev–Trinajstić information content (AvgIpc) is 2.37. The Morgan fingerprint density at radius 3 is 2.29 bits per heavy atom. The third kappa shape index (κ3) is 4.30. The number of hydrogen-bond donors (Lipinski definition) is 1. The van der Waals surface area contributed by atoms with E-state index in [1.54, 1.807) is 0 Å². The molecule has 0 heterocycles. The lowest BCUT2D eigenvalue weighted by Crippen LogP contribution is -2.15. The third-order valence-corrected chi connectivity index (χ3v) is 4.53. The van der Waals surface area contributed by atoms with Crippen LogP contribution >= 0.6 is 23.2 Å². The lowest BCUT2D eigenvalue weighted by Gasteiger charge is -2.09. The number of rotatable bonds is 4. The van der Waals surface area contributed by atoms with Crippen molar-refractivity contribution in [3.63, 3.8) is 0 Å². The summed E-state index contributed by atoms with van der Waals surface area (Å²) < 4.78 is 51.9. The predicted molar refractivity (Wildman–Crippen MR) is 79.1 cm³/mol. The van der Waals surface area contributed by atoms with Gasteiger partial charge in [0.25, 0.3) is 0 Å². The molecule has 0 unspecified atom stereocenters. The van der Waals surface area contributed by atoms with E-state index in [4.69, 9.17) is 23.2 Å². The van der Waals surface area contributed by atoms with Crippen LogP contribution < -0.4 is 4.72 Å². The second kappa shape index (κ2) is 6.17. The quantitative estimate of drug-likeness (QED) is 0.896. The maximum Gasteiger partial charge on any atom is 0.236 e. The Kier molecular flexibility index (Phi) is 4.70. The molecule has 0 aromatic heterocycles. The molecule has 0 saturated heterocycles. The maximum absolute atomic E-state index is 13.0. The molecule has 0 aliphatic rings. The number of sulfonamides is 1. The van der Waals surface area contributed by atoms with Crippen molar-refractivity contribution in [3.05, 3.63) is 63.6 Å². The Morgan fingerprint density at radius 1 is 0.952 bits per heavy atom. The van der Waals surface area contributed by atoms with Crippen molar-refractivity contribution in [2.45, 2.75) is 5.75 Å². The fourth-order valence-electron chi connectivity index (χ4n) is 1.62. The Hall–Kier alpha value is -1.37. The van der Waals surface area contributed by atoms with Crippen LogP contribution in [-0.2, 0) is 15.8 Å². The van der Waals surface area contributed by atoms with Crippen LogP contribution in [0.4, 0.5) is 14.5 Å². The first-order chi connectivity index (χ1) is 9.77. The van der Waals surface area contributed by atoms with Crippen molar-refractivity contribution in [2.24, 2.45) is 0 Å². The van der Waals surface area contributed by atoms with Gasteiger partial charge in [0.05, 0.1) is 21.5 Å². The second-order valence-corrected chi connectivity index (χ2v) is 6.78. The highest BCUT2D eigenvalue weighted by molar-refractivity contribution is 7.91. The Bertz CT molecular complexity index is 722. The minimum absolute atomic E-state index is 0.0611. The van der Waals surface area contributed by atoms with Crippen molar-refractivity contribution in [1.82, 2.24) is 0 Å². The van der Waals surface area contributed by atoms with Crippen LogP contribution in [-0.4, -0.2) is 8.42 Å². The first-order valence-electron chi connectivity index (χ1n) is 5.66. The van der Waals surface area contributed by atoms with E-state index >= 15 is 0 Å². The van der Waals surface area contributed by atoms with E-state index in [1.165, 1.54) is 18.2 Å². The first kappa shape index (κ1) is 16.0. The van der Waals surface area contributed by atoms with E-state index in [-0.39, 0.29) is 16.5 Å². The molecule has 0 aliphatic heterocycles. The molecule has 0 spiro atoms. The lowest BCUT2D eigenvalue weighted by atomic mass is 10.2. The van der Waals surface area contributed by atoms with Crippen LogP contribution in [0.15, 0.2) is 36.4 Å². The topological polar surface area (TPSA) is 46.2 Å². The summed E-state index contributed by atoms with van der Waals surface area (Å²) in [4.78, 5) is 0. The molecule has 0 atom stereocenters. The first-order valence-corrected chi connectivity index (χ1v) is 8.07. The number of anilines is 1. The van der Waals surface area contributed by atoms with Crippen molar-refractivity contribution in [2.75, 3.05) is 4.72 Å². The number of nitrogens with one attached hydrogen (secondary N) is 1. The van der Waals surface area contributed by atoms with Gasteiger partial charge in [-0.2, -0.15) is 0 Å². The van der Waals surface area contributed by atoms with Crippen molar-refractivity contribution in [3.8, 4) is 0 Å². The van der Waals surface area contributed by atoms with Crippen molar-refractivity contribution < 1.29 is 17.2 Å². The molecule has 2 aromatic rings. The highest BCUT2D eigenvalue weighted by Gasteiger charge is 2.14.